The van der Waals surface area contributed by atoms with Crippen LogP contribution in [0.25, 0.3) is 44.3 Å². The summed E-state index contributed by atoms with van der Waals surface area (Å²) in [5.74, 6) is 4.84. The third-order valence-electron chi connectivity index (χ3n) is 15.0. The summed E-state index contributed by atoms with van der Waals surface area (Å²) in [4.78, 5) is 25.7. The van der Waals surface area contributed by atoms with Gasteiger partial charge in [-0.15, -0.1) is 13.2 Å². The van der Waals surface area contributed by atoms with E-state index in [1.165, 1.54) is 0 Å². The lowest BCUT2D eigenvalue weighted by Gasteiger charge is -2.51. The van der Waals surface area contributed by atoms with Gasteiger partial charge in [-0.25, -0.2) is 0 Å². The van der Waals surface area contributed by atoms with Crippen LogP contribution in [0, 0.1) is 23.7 Å². The zero-order valence-corrected chi connectivity index (χ0v) is 37.7. The fourth-order valence-electron chi connectivity index (χ4n) is 11.5. The predicted molar refractivity (Wildman–Crippen MR) is 260 cm³/mol. The Labute approximate surface area is 387 Å². The molecule has 13 rings (SSSR count). The maximum absolute atomic E-state index is 7.73. The summed E-state index contributed by atoms with van der Waals surface area (Å²) in [5, 5.41) is 1.97. The van der Waals surface area contributed by atoms with Crippen molar-refractivity contribution in [2.45, 2.75) is 50.0 Å². The van der Waals surface area contributed by atoms with Gasteiger partial charge in [-0.05, 0) is 117 Å². The molecule has 10 nitrogen and oxygen atoms in total. The summed E-state index contributed by atoms with van der Waals surface area (Å²) in [6, 6.07) is 37.0. The van der Waals surface area contributed by atoms with E-state index < -0.39 is 12.2 Å². The molecule has 4 bridgehead atoms. The molecule has 10 heteroatoms. The largest absolute Gasteiger partial charge is 0.497 e. The zero-order valence-electron chi connectivity index (χ0n) is 37.7. The van der Waals surface area contributed by atoms with Gasteiger partial charge in [0.2, 0.25) is 11.8 Å². The highest BCUT2D eigenvalue weighted by molar-refractivity contribution is 5.85. The Hall–Kier alpha value is -6.62. The number of hydrogen-bond acceptors (Lipinski definition) is 10. The second-order valence-electron chi connectivity index (χ2n) is 18.4. The van der Waals surface area contributed by atoms with Crippen LogP contribution >= 0.6 is 0 Å². The molecule has 6 saturated heterocycles. The molecular formula is C56H56N6O4. The van der Waals surface area contributed by atoms with Crippen molar-refractivity contribution in [1.29, 1.82) is 0 Å². The van der Waals surface area contributed by atoms with Gasteiger partial charge < -0.3 is 18.9 Å². The fourth-order valence-corrected chi connectivity index (χ4v) is 11.5. The van der Waals surface area contributed by atoms with Crippen LogP contribution in [0.15, 0.2) is 147 Å². The number of methoxy groups -OCH3 is 2. The number of nitrogens with zero attached hydrogens (tertiary/aromatic N) is 6. The van der Waals surface area contributed by atoms with Crippen LogP contribution in [0.1, 0.15) is 49.0 Å². The van der Waals surface area contributed by atoms with Gasteiger partial charge >= 0.3 is 0 Å². The molecule has 334 valence electrons. The molecule has 0 aliphatic carbocycles. The Kier molecular flexibility index (Phi) is 11.5. The third-order valence-corrected chi connectivity index (χ3v) is 15.0. The van der Waals surface area contributed by atoms with E-state index in [9.17, 15) is 0 Å². The molecule has 0 spiro atoms. The maximum atomic E-state index is 7.73. The van der Waals surface area contributed by atoms with Gasteiger partial charge in [0, 0.05) is 52.9 Å². The Morgan fingerprint density at radius 2 is 1.06 bits per heavy atom. The molecule has 4 aromatic carbocycles. The number of pyridine rings is 2. The minimum atomic E-state index is -0.437. The predicted octanol–water partition coefficient (Wildman–Crippen LogP) is 11.0. The summed E-state index contributed by atoms with van der Waals surface area (Å²) < 4.78 is 27.1. The number of fused-ring (bicyclic) bond motifs is 8. The van der Waals surface area contributed by atoms with Crippen molar-refractivity contribution in [2.24, 2.45) is 23.7 Å². The van der Waals surface area contributed by atoms with E-state index in [-0.39, 0.29) is 12.1 Å². The van der Waals surface area contributed by atoms with Crippen LogP contribution in [0.5, 0.6) is 23.3 Å². The van der Waals surface area contributed by atoms with Crippen LogP contribution < -0.4 is 18.9 Å². The van der Waals surface area contributed by atoms with Crippen LogP contribution in [0.2, 0.25) is 0 Å². The summed E-state index contributed by atoms with van der Waals surface area (Å²) in [6.07, 6.45) is 11.4. The topological polar surface area (TPSA) is 95.0 Å². The monoisotopic (exact) mass is 876 g/mol. The lowest BCUT2D eigenvalue weighted by Crippen LogP contribution is -2.55. The first-order valence-electron chi connectivity index (χ1n) is 23.4. The molecule has 0 N–H and O–H groups in total. The molecule has 6 aliphatic rings. The van der Waals surface area contributed by atoms with Crippen molar-refractivity contribution < 1.29 is 18.9 Å². The molecule has 9 heterocycles. The smallest absolute Gasteiger partial charge is 0.229 e. The average Bonchev–Trinajstić information content (AvgIpc) is 3.39. The first kappa shape index (κ1) is 42.0. The quantitative estimate of drug-likeness (QED) is 0.0983. The van der Waals surface area contributed by atoms with Gasteiger partial charge in [0.05, 0.1) is 37.3 Å². The molecule has 6 fully saturated rings. The Morgan fingerprint density at radius 1 is 0.591 bits per heavy atom. The summed E-state index contributed by atoms with van der Waals surface area (Å²) in [5.41, 5.74) is 6.29. The van der Waals surface area contributed by atoms with Crippen molar-refractivity contribution in [1.82, 2.24) is 29.7 Å². The van der Waals surface area contributed by atoms with E-state index in [1.54, 1.807) is 14.2 Å². The molecule has 66 heavy (non-hydrogen) atoms. The second-order valence-corrected chi connectivity index (χ2v) is 18.4. The van der Waals surface area contributed by atoms with Crippen molar-refractivity contribution >= 4 is 21.8 Å². The molecule has 0 radical (unpaired) electrons. The van der Waals surface area contributed by atoms with Crippen LogP contribution in [0.4, 0.5) is 0 Å². The Bertz CT molecular complexity index is 2740. The zero-order chi connectivity index (χ0) is 44.7. The van der Waals surface area contributed by atoms with E-state index in [1.807, 2.05) is 73.1 Å². The van der Waals surface area contributed by atoms with Gasteiger partial charge in [-0.1, -0.05) is 72.8 Å². The molecule has 0 amide bonds. The first-order chi connectivity index (χ1) is 32.5. The molecule has 3 aromatic heterocycles. The van der Waals surface area contributed by atoms with Crippen LogP contribution in [0.3, 0.4) is 0 Å². The molecule has 2 unspecified atom stereocenters. The highest BCUT2D eigenvalue weighted by Gasteiger charge is 2.46. The number of rotatable bonds is 14. The lowest BCUT2D eigenvalue weighted by atomic mass is 9.73. The van der Waals surface area contributed by atoms with E-state index >= 15 is 0 Å². The minimum absolute atomic E-state index is 0.0502. The van der Waals surface area contributed by atoms with E-state index in [0.29, 0.717) is 46.8 Å². The van der Waals surface area contributed by atoms with E-state index in [4.69, 9.17) is 38.9 Å². The maximum Gasteiger partial charge on any atom is 0.229 e. The Morgan fingerprint density at radius 3 is 1.48 bits per heavy atom. The van der Waals surface area contributed by atoms with Crippen molar-refractivity contribution in [3.63, 3.8) is 0 Å². The number of benzene rings is 4. The van der Waals surface area contributed by atoms with E-state index in [2.05, 4.69) is 83.6 Å². The highest BCUT2D eigenvalue weighted by atomic mass is 16.5. The third kappa shape index (κ3) is 7.75. The molecule has 7 aromatic rings. The first-order valence-corrected chi connectivity index (χ1v) is 23.4. The van der Waals surface area contributed by atoms with Crippen molar-refractivity contribution in [3.8, 4) is 45.8 Å². The standard InChI is InChI=1S/C56H56N6O4/c1-5-35-33-61-27-23-39(35)29-49(61)52(43-21-25-57-47-19-17-41(63-3)31-45(43)47)65-55-51(37-13-9-7-10-14-37)56(60-54(59-55)38-15-11-8-12-16-38)66-53(50-30-40-24-28-62(50)34-36(40)6-2)44-22-26-58-48-20-18-42(64-4)32-46(44)48/h5-22,25-26,31-32,35-36,39-40,49-50,52-53H,1-2,23-24,27-30,33-34H2,3-4H3/t35-,36-,39-,40-,49-,50-,52+,53+/m0/s1. The van der Waals surface area contributed by atoms with Crippen molar-refractivity contribution in [3.05, 3.63) is 158 Å². The SMILES string of the molecule is C=C[C@H]1CN2CC[C@H]1C[C@H]2[C@H](Oc1nc(-c2ccccc2)nc(O[C@H](c2ccnc3ccc(OC)cc23)[C@@H]2C[C@@H]3CCN2C[C@@H]3C=C)c1-c1ccccc1)c1ccnc2ccc(OC)cc12. The Balaban J connectivity index is 1.13. The number of aromatic nitrogens is 4. The summed E-state index contributed by atoms with van der Waals surface area (Å²) in [6.45, 7) is 12.3. The fraction of sp³-hybridized carbons (Fsp3) is 0.321. The van der Waals surface area contributed by atoms with Gasteiger partial charge in [-0.2, -0.15) is 9.97 Å². The lowest BCUT2D eigenvalue weighted by molar-refractivity contribution is -0.0388. The van der Waals surface area contributed by atoms with E-state index in [0.717, 1.165) is 107 Å². The second kappa shape index (κ2) is 18.0. The van der Waals surface area contributed by atoms with Crippen LogP contribution in [-0.4, -0.2) is 82.2 Å². The number of hydrogen-bond donors (Lipinski definition) is 0. The average molecular weight is 877 g/mol. The number of piperidine rings is 6. The van der Waals surface area contributed by atoms with Crippen molar-refractivity contribution in [2.75, 3.05) is 40.4 Å². The molecule has 10 atom stereocenters. The molecule has 0 saturated carbocycles. The molecule has 6 aliphatic heterocycles. The highest BCUT2D eigenvalue weighted by Crippen LogP contribution is 2.49. The van der Waals surface area contributed by atoms with Gasteiger partial charge in [0.1, 0.15) is 29.3 Å². The minimum Gasteiger partial charge on any atom is -0.497 e. The van der Waals surface area contributed by atoms with Gasteiger partial charge in [0.15, 0.2) is 5.82 Å². The summed E-state index contributed by atoms with van der Waals surface area (Å²) >= 11 is 0. The number of ether oxygens (including phenoxy) is 4. The van der Waals surface area contributed by atoms with Crippen LogP contribution in [-0.2, 0) is 0 Å². The van der Waals surface area contributed by atoms with Gasteiger partial charge in [0.25, 0.3) is 0 Å². The normalized spacial score (nSPS) is 25.2. The van der Waals surface area contributed by atoms with Gasteiger partial charge in [-0.3, -0.25) is 19.8 Å². The molecular weight excluding hydrogens is 821 g/mol. The summed E-state index contributed by atoms with van der Waals surface area (Å²) in [7, 11) is 3.41.